The van der Waals surface area contributed by atoms with Crippen molar-refractivity contribution in [2.24, 2.45) is 10.7 Å². The Kier molecular flexibility index (Phi) is 9.04. The third-order valence-electron chi connectivity index (χ3n) is 5.40. The predicted molar refractivity (Wildman–Crippen MR) is 121 cm³/mol. The first-order valence-corrected chi connectivity index (χ1v) is 9.66. The van der Waals surface area contributed by atoms with Gasteiger partial charge in [0.2, 0.25) is 0 Å². The molecule has 27 heavy (non-hydrogen) atoms. The summed E-state index contributed by atoms with van der Waals surface area (Å²) in [5.41, 5.74) is 7.26. The number of anilines is 1. The van der Waals surface area contributed by atoms with Crippen LogP contribution in [0.5, 0.6) is 0 Å². The second-order valence-corrected chi connectivity index (χ2v) is 6.97. The molecule has 0 spiro atoms. The fourth-order valence-electron chi connectivity index (χ4n) is 3.58. The van der Waals surface area contributed by atoms with E-state index in [0.717, 1.165) is 77.7 Å². The van der Waals surface area contributed by atoms with E-state index in [-0.39, 0.29) is 29.8 Å². The van der Waals surface area contributed by atoms with Gasteiger partial charge in [-0.2, -0.15) is 0 Å². The molecule has 2 heterocycles. The molecule has 0 unspecified atom stereocenters. The Morgan fingerprint density at radius 3 is 2.15 bits per heavy atom. The third-order valence-corrected chi connectivity index (χ3v) is 5.40. The second-order valence-electron chi connectivity index (χ2n) is 6.97. The maximum Gasteiger partial charge on any atom is 0.191 e. The van der Waals surface area contributed by atoms with Gasteiger partial charge in [-0.05, 0) is 30.8 Å². The molecule has 0 saturated carbocycles. The molecule has 0 amide bonds. The molecule has 6 nitrogen and oxygen atoms in total. The summed E-state index contributed by atoms with van der Waals surface area (Å²) >= 11 is 0. The van der Waals surface area contributed by atoms with E-state index in [1.165, 1.54) is 12.1 Å². The number of halogens is 2. The monoisotopic (exact) mass is 490 g/mol. The number of nitrogens with two attached hydrogens (primary N) is 1. The molecule has 152 valence electrons. The number of benzene rings is 1. The van der Waals surface area contributed by atoms with E-state index >= 15 is 0 Å². The smallest absolute Gasteiger partial charge is 0.191 e. The van der Waals surface area contributed by atoms with E-state index in [1.54, 1.807) is 0 Å². The number of hydrogen-bond acceptors (Lipinski definition) is 4. The van der Waals surface area contributed by atoms with Gasteiger partial charge < -0.3 is 20.4 Å². The van der Waals surface area contributed by atoms with E-state index in [2.05, 4.69) is 31.5 Å². The standard InChI is InChI=1S/C19H31FN6.HI/c1-2-23-9-11-24(12-10-23)8-7-22-19(21)26-15-13-25(14-16-26)18-5-3-17(20)4-6-18;/h3-6H,2,7-16H2,1H3,(H2,21,22);1H. The summed E-state index contributed by atoms with van der Waals surface area (Å²) < 4.78 is 13.0. The van der Waals surface area contributed by atoms with Gasteiger partial charge in [0.1, 0.15) is 5.82 Å². The Labute approximate surface area is 179 Å². The number of aliphatic imine (C=N–C) groups is 1. The van der Waals surface area contributed by atoms with Gasteiger partial charge in [0.15, 0.2) is 5.96 Å². The molecule has 0 aromatic heterocycles. The predicted octanol–water partition coefficient (Wildman–Crippen LogP) is 1.52. The zero-order valence-corrected chi connectivity index (χ0v) is 18.5. The quantitative estimate of drug-likeness (QED) is 0.386. The lowest BCUT2D eigenvalue weighted by Crippen LogP contribution is -2.51. The highest BCUT2D eigenvalue weighted by atomic mass is 127. The normalized spacial score (nSPS) is 19.9. The summed E-state index contributed by atoms with van der Waals surface area (Å²) in [4.78, 5) is 13.9. The van der Waals surface area contributed by atoms with Crippen molar-refractivity contribution in [1.82, 2.24) is 14.7 Å². The van der Waals surface area contributed by atoms with Crippen LogP contribution in [0, 0.1) is 5.82 Å². The van der Waals surface area contributed by atoms with Crippen molar-refractivity contribution in [2.75, 3.05) is 76.9 Å². The number of nitrogens with zero attached hydrogens (tertiary/aromatic N) is 5. The van der Waals surface area contributed by atoms with Gasteiger partial charge >= 0.3 is 0 Å². The number of hydrogen-bond donors (Lipinski definition) is 1. The van der Waals surface area contributed by atoms with Gasteiger partial charge in [-0.3, -0.25) is 9.89 Å². The number of likely N-dealkylation sites (N-methyl/N-ethyl adjacent to an activating group) is 1. The van der Waals surface area contributed by atoms with Crippen LogP contribution in [0.1, 0.15) is 6.92 Å². The van der Waals surface area contributed by atoms with Crippen molar-refractivity contribution in [3.05, 3.63) is 30.1 Å². The Morgan fingerprint density at radius 2 is 1.56 bits per heavy atom. The number of rotatable bonds is 5. The lowest BCUT2D eigenvalue weighted by molar-refractivity contribution is 0.140. The Morgan fingerprint density at radius 1 is 0.963 bits per heavy atom. The molecule has 0 bridgehead atoms. The Bertz CT molecular complexity index is 580. The van der Waals surface area contributed by atoms with Crippen LogP contribution < -0.4 is 10.6 Å². The average Bonchev–Trinajstić information content (AvgIpc) is 2.69. The molecule has 2 fully saturated rings. The highest BCUT2D eigenvalue weighted by Gasteiger charge is 2.19. The summed E-state index contributed by atoms with van der Waals surface area (Å²) in [6.45, 7) is 13.1. The molecular weight excluding hydrogens is 458 g/mol. The van der Waals surface area contributed by atoms with Gasteiger partial charge in [-0.25, -0.2) is 4.39 Å². The minimum absolute atomic E-state index is 0. The molecular formula is C19H32FIN6. The fourth-order valence-corrected chi connectivity index (χ4v) is 3.58. The number of guanidine groups is 1. The van der Waals surface area contributed by atoms with Gasteiger partial charge in [0, 0.05) is 64.6 Å². The van der Waals surface area contributed by atoms with Gasteiger partial charge in [-0.15, -0.1) is 24.0 Å². The van der Waals surface area contributed by atoms with E-state index < -0.39 is 0 Å². The van der Waals surface area contributed by atoms with E-state index in [0.29, 0.717) is 5.96 Å². The maximum absolute atomic E-state index is 13.0. The Hall–Kier alpha value is -1.13. The summed E-state index contributed by atoms with van der Waals surface area (Å²) in [6.07, 6.45) is 0. The maximum atomic E-state index is 13.0. The second kappa shape index (κ2) is 11.0. The highest BCUT2D eigenvalue weighted by Crippen LogP contribution is 2.16. The third kappa shape index (κ3) is 6.46. The van der Waals surface area contributed by atoms with Crippen molar-refractivity contribution in [2.45, 2.75) is 6.92 Å². The lowest BCUT2D eigenvalue weighted by Gasteiger charge is -2.36. The summed E-state index contributed by atoms with van der Waals surface area (Å²) in [6, 6.07) is 6.69. The van der Waals surface area contributed by atoms with Crippen molar-refractivity contribution in [1.29, 1.82) is 0 Å². The molecule has 1 aromatic rings. The first-order chi connectivity index (χ1) is 12.7. The summed E-state index contributed by atoms with van der Waals surface area (Å²) in [7, 11) is 0. The van der Waals surface area contributed by atoms with Crippen molar-refractivity contribution in [3.8, 4) is 0 Å². The summed E-state index contributed by atoms with van der Waals surface area (Å²) in [5.74, 6) is 0.454. The van der Waals surface area contributed by atoms with Crippen LogP contribution in [0.15, 0.2) is 29.3 Å². The van der Waals surface area contributed by atoms with Crippen LogP contribution in [-0.2, 0) is 0 Å². The molecule has 2 aliphatic heterocycles. The van der Waals surface area contributed by atoms with Crippen LogP contribution in [0.3, 0.4) is 0 Å². The molecule has 0 atom stereocenters. The minimum atomic E-state index is -0.195. The van der Waals surface area contributed by atoms with Crippen LogP contribution in [0.2, 0.25) is 0 Å². The first-order valence-electron chi connectivity index (χ1n) is 9.66. The van der Waals surface area contributed by atoms with Crippen LogP contribution in [0.25, 0.3) is 0 Å². The minimum Gasteiger partial charge on any atom is -0.370 e. The molecule has 1 aromatic carbocycles. The van der Waals surface area contributed by atoms with E-state index in [1.807, 2.05) is 12.1 Å². The molecule has 2 N–H and O–H groups in total. The van der Waals surface area contributed by atoms with Gasteiger partial charge in [0.25, 0.3) is 0 Å². The van der Waals surface area contributed by atoms with Crippen LogP contribution in [0.4, 0.5) is 10.1 Å². The van der Waals surface area contributed by atoms with Crippen molar-refractivity contribution >= 4 is 35.6 Å². The SMILES string of the molecule is CCN1CCN(CCN=C(N)N2CCN(c3ccc(F)cc3)CC2)CC1.I. The zero-order valence-electron chi connectivity index (χ0n) is 16.2. The average molecular weight is 490 g/mol. The number of piperazine rings is 2. The van der Waals surface area contributed by atoms with Crippen molar-refractivity contribution < 1.29 is 4.39 Å². The first kappa shape index (κ1) is 22.2. The van der Waals surface area contributed by atoms with E-state index in [9.17, 15) is 4.39 Å². The highest BCUT2D eigenvalue weighted by molar-refractivity contribution is 14.0. The lowest BCUT2D eigenvalue weighted by atomic mass is 10.2. The molecule has 2 saturated heterocycles. The molecule has 3 rings (SSSR count). The topological polar surface area (TPSA) is 51.3 Å². The van der Waals surface area contributed by atoms with E-state index in [4.69, 9.17) is 5.73 Å². The van der Waals surface area contributed by atoms with Crippen molar-refractivity contribution in [3.63, 3.8) is 0 Å². The summed E-state index contributed by atoms with van der Waals surface area (Å²) in [5, 5.41) is 0. The fraction of sp³-hybridized carbons (Fsp3) is 0.632. The van der Waals surface area contributed by atoms with Crippen LogP contribution in [-0.4, -0.2) is 92.7 Å². The van der Waals surface area contributed by atoms with Gasteiger partial charge in [-0.1, -0.05) is 6.92 Å². The Balaban J connectivity index is 0.00000261. The zero-order chi connectivity index (χ0) is 18.4. The molecule has 2 aliphatic rings. The molecule has 0 aliphatic carbocycles. The molecule has 8 heteroatoms. The molecule has 0 radical (unpaired) electrons. The van der Waals surface area contributed by atoms with Gasteiger partial charge in [0.05, 0.1) is 6.54 Å². The largest absolute Gasteiger partial charge is 0.370 e. The van der Waals surface area contributed by atoms with Crippen LogP contribution >= 0.6 is 24.0 Å².